The number of aromatic nitrogens is 2. The molecule has 3 aliphatic heterocycles. The van der Waals surface area contributed by atoms with Crippen molar-refractivity contribution in [3.63, 3.8) is 0 Å². The number of pyridine rings is 1. The van der Waals surface area contributed by atoms with Crippen LogP contribution in [0.1, 0.15) is 90.7 Å². The van der Waals surface area contributed by atoms with Gasteiger partial charge in [-0.25, -0.2) is 10.2 Å². The van der Waals surface area contributed by atoms with Crippen molar-refractivity contribution in [3.8, 4) is 28.1 Å². The molecule has 4 aromatic rings. The number of benzene rings is 2. The second-order valence-corrected chi connectivity index (χ2v) is 20.1. The molecule has 0 radical (unpaired) electrons. The lowest BCUT2D eigenvalue weighted by Crippen LogP contribution is -2.66. The lowest BCUT2D eigenvalue weighted by Gasteiger charge is -2.41. The summed E-state index contributed by atoms with van der Waals surface area (Å²) in [5.74, 6) is -1.79. The van der Waals surface area contributed by atoms with E-state index in [4.69, 9.17) is 14.5 Å². The Bertz CT molecular complexity index is 2470. The summed E-state index contributed by atoms with van der Waals surface area (Å²) in [6, 6.07) is 13.7. The highest BCUT2D eigenvalue weighted by molar-refractivity contribution is 5.96. The number of cyclic esters (lactones) is 1. The number of nitrogens with one attached hydrogen (secondary N) is 3. The number of carbonyl (C=O) groups is 4. The van der Waals surface area contributed by atoms with Crippen LogP contribution >= 0.6 is 0 Å². The van der Waals surface area contributed by atoms with E-state index in [-0.39, 0.29) is 48.0 Å². The van der Waals surface area contributed by atoms with Gasteiger partial charge in [-0.3, -0.25) is 24.4 Å². The molecule has 1 saturated carbocycles. The minimum atomic E-state index is -1.23. The summed E-state index contributed by atoms with van der Waals surface area (Å²) in [5.41, 5.74) is 8.54. The van der Waals surface area contributed by atoms with Gasteiger partial charge >= 0.3 is 5.97 Å². The molecular weight excluding hydrogens is 811 g/mol. The van der Waals surface area contributed by atoms with Gasteiger partial charge in [-0.15, -0.1) is 0 Å². The number of fused-ring (bicyclic) bond motifs is 6. The highest BCUT2D eigenvalue weighted by atomic mass is 16.5. The van der Waals surface area contributed by atoms with Crippen molar-refractivity contribution in [2.75, 3.05) is 40.4 Å². The topological polar surface area (TPSA) is 167 Å². The Labute approximate surface area is 376 Å². The summed E-state index contributed by atoms with van der Waals surface area (Å²) in [6.07, 6.45) is 3.84. The number of amides is 3. The molecule has 5 atom stereocenters. The molecule has 64 heavy (non-hydrogen) atoms. The van der Waals surface area contributed by atoms with Gasteiger partial charge in [-0.05, 0) is 111 Å². The monoisotopic (exact) mass is 875 g/mol. The molecule has 342 valence electrons. The molecule has 6 bridgehead atoms. The summed E-state index contributed by atoms with van der Waals surface area (Å²) in [7, 11) is 3.36. The minimum Gasteiger partial charge on any atom is -0.508 e. The quantitative estimate of drug-likeness (QED) is 0.148. The van der Waals surface area contributed by atoms with Crippen LogP contribution in [0.15, 0.2) is 54.7 Å². The fourth-order valence-electron chi connectivity index (χ4n) is 10.4. The van der Waals surface area contributed by atoms with Crippen LogP contribution in [0, 0.1) is 22.7 Å². The molecule has 4 aliphatic rings. The first-order chi connectivity index (χ1) is 30.4. The lowest BCUT2D eigenvalue weighted by atomic mass is 9.84. The molecule has 3 amide bonds. The maximum absolute atomic E-state index is 14.8. The van der Waals surface area contributed by atoms with Crippen LogP contribution in [0.4, 0.5) is 0 Å². The zero-order valence-corrected chi connectivity index (χ0v) is 38.8. The zero-order chi connectivity index (χ0) is 45.9. The second kappa shape index (κ2) is 17.2. The number of nitrogens with zero attached hydrogens (tertiary/aromatic N) is 4. The van der Waals surface area contributed by atoms with Crippen LogP contribution in [0.5, 0.6) is 5.75 Å². The average molecular weight is 876 g/mol. The molecule has 2 saturated heterocycles. The first-order valence-corrected chi connectivity index (χ1v) is 22.9. The molecule has 4 N–H and O–H groups in total. The molecule has 1 spiro atoms. The van der Waals surface area contributed by atoms with Crippen molar-refractivity contribution in [1.82, 2.24) is 35.5 Å². The van der Waals surface area contributed by atoms with Gasteiger partial charge in [0.25, 0.3) is 5.91 Å². The zero-order valence-electron chi connectivity index (χ0n) is 38.8. The smallest absolute Gasteiger partial charge is 0.327 e. The Morgan fingerprint density at radius 1 is 1.08 bits per heavy atom. The molecule has 2 aromatic carbocycles. The molecule has 1 aliphatic carbocycles. The van der Waals surface area contributed by atoms with E-state index >= 15 is 0 Å². The fourth-order valence-corrected chi connectivity index (χ4v) is 10.4. The van der Waals surface area contributed by atoms with Gasteiger partial charge in [0.1, 0.15) is 23.4 Å². The summed E-state index contributed by atoms with van der Waals surface area (Å²) in [6.45, 7) is 16.5. The molecule has 1 unspecified atom stereocenters. The first-order valence-electron chi connectivity index (χ1n) is 22.9. The number of ether oxygens (including phenoxy) is 2. The number of esters is 1. The number of hydrogen-bond donors (Lipinski definition) is 4. The third-order valence-electron chi connectivity index (χ3n) is 14.2. The Kier molecular flexibility index (Phi) is 12.2. The van der Waals surface area contributed by atoms with Gasteiger partial charge in [0.05, 0.1) is 24.1 Å². The van der Waals surface area contributed by atoms with E-state index in [0.717, 1.165) is 64.1 Å². The Morgan fingerprint density at radius 2 is 1.84 bits per heavy atom. The van der Waals surface area contributed by atoms with Crippen molar-refractivity contribution in [1.29, 1.82) is 0 Å². The lowest BCUT2D eigenvalue weighted by molar-refractivity contribution is -0.162. The standard InChI is InChI=1S/C50H65N7O7/c1-10-56-40-15-14-32-23-36(40)37(43(56)35-13-11-17-52-41(35)30(4)63-9)24-48(5,6)28-64-47(62)49(7)16-12-18-57(54-49)46(61)39(21-31-19-33(32)22-34(58)20-31)53-44(59)42(29(2)3)55(8)45(60)38-25-50(38)26-51-27-50/h11,13-15,17,19-20,22-23,29-30,38-39,42,51,54,58H,10,12,16,18,21,24-28H2,1-9H3,(H,53,59)/t30-,38?,39-,42-,49+/m0/s1. The van der Waals surface area contributed by atoms with E-state index in [0.29, 0.717) is 37.9 Å². The van der Waals surface area contributed by atoms with Crippen molar-refractivity contribution in [2.45, 2.75) is 111 Å². The van der Waals surface area contributed by atoms with Crippen LogP contribution in [0.3, 0.4) is 0 Å². The largest absolute Gasteiger partial charge is 0.508 e. The Balaban J connectivity index is 1.23. The number of phenolic OH excluding ortho intramolecular Hbond substituents is 1. The van der Waals surface area contributed by atoms with Crippen LogP contribution in [0.25, 0.3) is 33.3 Å². The molecule has 14 heteroatoms. The van der Waals surface area contributed by atoms with E-state index < -0.39 is 40.8 Å². The number of likely N-dealkylation sites (N-methyl/N-ethyl adjacent to an activating group) is 1. The first kappa shape index (κ1) is 45.3. The number of hydrazine groups is 1. The number of methoxy groups -OCH3 is 1. The highest BCUT2D eigenvalue weighted by Crippen LogP contribution is 2.56. The van der Waals surface area contributed by atoms with Gasteiger partial charge < -0.3 is 34.7 Å². The summed E-state index contributed by atoms with van der Waals surface area (Å²) in [5, 5.41) is 20.1. The number of carbonyl (C=O) groups excluding carboxylic acids is 4. The van der Waals surface area contributed by atoms with Crippen LogP contribution < -0.4 is 16.1 Å². The van der Waals surface area contributed by atoms with Crippen LogP contribution in [-0.2, 0) is 48.0 Å². The maximum atomic E-state index is 14.8. The molecule has 8 rings (SSSR count). The van der Waals surface area contributed by atoms with Crippen LogP contribution in [0.2, 0.25) is 0 Å². The third-order valence-corrected chi connectivity index (χ3v) is 14.2. The van der Waals surface area contributed by atoms with Gasteiger partial charge in [-0.2, -0.15) is 0 Å². The van der Waals surface area contributed by atoms with Crippen molar-refractivity contribution in [2.24, 2.45) is 22.7 Å². The SMILES string of the molecule is CCn1c(-c2cccnc2[C@H](C)OC)c2c3cc(ccc31)-c1cc(O)cc(c1)C[C@H](NC(=O)[C@H](C(C)C)N(C)C(=O)C1CC13CNC3)C(=O)N1CCC[C@@](C)(N1)C(=O)OCC(C)(C)C2. The normalized spacial score (nSPS) is 23.8. The minimum absolute atomic E-state index is 0.0157. The van der Waals surface area contributed by atoms with Crippen molar-refractivity contribution < 1.29 is 33.8 Å². The Morgan fingerprint density at radius 3 is 2.52 bits per heavy atom. The maximum Gasteiger partial charge on any atom is 0.327 e. The summed E-state index contributed by atoms with van der Waals surface area (Å²) < 4.78 is 14.3. The number of hydrogen-bond acceptors (Lipinski definition) is 10. The Hall–Kier alpha value is -5.31. The van der Waals surface area contributed by atoms with Gasteiger partial charge in [-0.1, -0.05) is 39.8 Å². The fraction of sp³-hybridized carbons (Fsp3) is 0.540. The average Bonchev–Trinajstić information content (AvgIpc) is 3.96. The summed E-state index contributed by atoms with van der Waals surface area (Å²) in [4.78, 5) is 63.7. The van der Waals surface area contributed by atoms with E-state index in [9.17, 15) is 24.3 Å². The molecular formula is C50H65N7O7. The van der Waals surface area contributed by atoms with Gasteiger partial charge in [0.2, 0.25) is 11.8 Å². The van der Waals surface area contributed by atoms with Crippen molar-refractivity contribution in [3.05, 3.63) is 71.5 Å². The predicted molar refractivity (Wildman–Crippen MR) is 245 cm³/mol. The van der Waals surface area contributed by atoms with E-state index in [1.54, 1.807) is 44.3 Å². The molecule has 14 nitrogen and oxygen atoms in total. The van der Waals surface area contributed by atoms with Gasteiger partial charge in [0.15, 0.2) is 0 Å². The van der Waals surface area contributed by atoms with Crippen molar-refractivity contribution >= 4 is 34.6 Å². The molecule has 3 fully saturated rings. The molecule has 5 heterocycles. The summed E-state index contributed by atoms with van der Waals surface area (Å²) >= 11 is 0. The van der Waals surface area contributed by atoms with E-state index in [2.05, 4.69) is 59.6 Å². The number of aromatic hydroxyl groups is 1. The van der Waals surface area contributed by atoms with E-state index in [1.165, 1.54) is 5.01 Å². The second-order valence-electron chi connectivity index (χ2n) is 20.1. The van der Waals surface area contributed by atoms with E-state index in [1.807, 2.05) is 39.0 Å². The van der Waals surface area contributed by atoms with Crippen LogP contribution in [-0.4, -0.2) is 106 Å². The molecule has 2 aromatic heterocycles. The third kappa shape index (κ3) is 8.40. The predicted octanol–water partition coefficient (Wildman–Crippen LogP) is 5.93. The number of rotatable bonds is 9. The number of phenols is 1. The number of aryl methyl sites for hydroxylation is 1. The van der Waals surface area contributed by atoms with Gasteiger partial charge in [0, 0.05) is 86.2 Å². The highest BCUT2D eigenvalue weighted by Gasteiger charge is 2.62.